The molecule has 3 heteroatoms. The molecule has 0 saturated carbocycles. The molecule has 0 aliphatic rings. The van der Waals surface area contributed by atoms with Crippen LogP contribution >= 0.6 is 22.7 Å². The third-order valence-electron chi connectivity index (χ3n) is 9.69. The highest BCUT2D eigenvalue weighted by atomic mass is 32.1. The summed E-state index contributed by atoms with van der Waals surface area (Å²) in [5, 5.41) is 7.84. The number of rotatable bonds is 5. The standard InChI is InChI=1S/C46H29NS2/c1-2-10-30(11-3-1)31-20-24-33(25-21-31)47(41-16-8-15-38-36(41)28-29-39-37-12-4-6-17-42(37)49-46(38)39)34-26-22-32(23-27-34)35-14-9-19-44-45(35)40-13-5-7-18-43(40)48-44/h1-29H. The second-order valence-electron chi connectivity index (χ2n) is 12.5. The Hall–Kier alpha value is -5.74. The Bertz CT molecular complexity index is 2810. The summed E-state index contributed by atoms with van der Waals surface area (Å²) in [5.41, 5.74) is 8.35. The lowest BCUT2D eigenvalue weighted by atomic mass is 9.98. The molecule has 49 heavy (non-hydrogen) atoms. The number of thiophene rings is 2. The molecule has 0 amide bonds. The van der Waals surface area contributed by atoms with Gasteiger partial charge in [-0.3, -0.25) is 0 Å². The van der Waals surface area contributed by atoms with Gasteiger partial charge < -0.3 is 4.90 Å². The largest absolute Gasteiger partial charge is 0.310 e. The van der Waals surface area contributed by atoms with Crippen LogP contribution in [-0.4, -0.2) is 0 Å². The maximum absolute atomic E-state index is 2.42. The van der Waals surface area contributed by atoms with Gasteiger partial charge in [0.25, 0.3) is 0 Å². The van der Waals surface area contributed by atoms with E-state index in [9.17, 15) is 0 Å². The minimum Gasteiger partial charge on any atom is -0.310 e. The zero-order chi connectivity index (χ0) is 32.3. The molecule has 2 aromatic heterocycles. The van der Waals surface area contributed by atoms with Crippen molar-refractivity contribution in [2.75, 3.05) is 4.90 Å². The van der Waals surface area contributed by atoms with E-state index in [1.54, 1.807) is 0 Å². The highest BCUT2D eigenvalue weighted by Crippen LogP contribution is 2.45. The van der Waals surface area contributed by atoms with Crippen LogP contribution in [-0.2, 0) is 0 Å². The topological polar surface area (TPSA) is 3.24 Å². The van der Waals surface area contributed by atoms with E-state index in [0.29, 0.717) is 0 Å². The normalized spacial score (nSPS) is 11.7. The van der Waals surface area contributed by atoms with Gasteiger partial charge in [-0.05, 0) is 70.8 Å². The van der Waals surface area contributed by atoms with E-state index in [2.05, 4.69) is 181 Å². The monoisotopic (exact) mass is 659 g/mol. The predicted molar refractivity (Wildman–Crippen MR) is 215 cm³/mol. The zero-order valence-electron chi connectivity index (χ0n) is 26.5. The van der Waals surface area contributed by atoms with E-state index in [-0.39, 0.29) is 0 Å². The fourth-order valence-electron chi connectivity index (χ4n) is 7.38. The van der Waals surface area contributed by atoms with Gasteiger partial charge in [0.05, 0.1) is 5.69 Å². The predicted octanol–water partition coefficient (Wildman–Crippen LogP) is 14.4. The minimum absolute atomic E-state index is 1.13. The Morgan fingerprint density at radius 2 is 0.878 bits per heavy atom. The molecule has 0 spiro atoms. The molecule has 0 unspecified atom stereocenters. The second kappa shape index (κ2) is 11.5. The number of nitrogens with zero attached hydrogens (tertiary/aromatic N) is 1. The first-order valence-corrected chi connectivity index (χ1v) is 18.2. The van der Waals surface area contributed by atoms with Crippen LogP contribution in [0.1, 0.15) is 0 Å². The SMILES string of the molecule is c1ccc(-c2ccc(N(c3ccc(-c4cccc5sc6ccccc6c45)cc3)c3cccc4c3ccc3c5ccccc5sc43)cc2)cc1. The van der Waals surface area contributed by atoms with Gasteiger partial charge >= 0.3 is 0 Å². The van der Waals surface area contributed by atoms with Gasteiger partial charge in [0, 0.05) is 62.5 Å². The number of fused-ring (bicyclic) bond motifs is 8. The zero-order valence-corrected chi connectivity index (χ0v) is 28.1. The average Bonchev–Trinajstić information content (AvgIpc) is 3.75. The summed E-state index contributed by atoms with van der Waals surface area (Å²) >= 11 is 3.76. The van der Waals surface area contributed by atoms with Crippen molar-refractivity contribution in [2.24, 2.45) is 0 Å². The van der Waals surface area contributed by atoms with Crippen molar-refractivity contribution in [3.8, 4) is 22.3 Å². The van der Waals surface area contributed by atoms with Crippen LogP contribution in [0.15, 0.2) is 176 Å². The molecule has 0 atom stereocenters. The summed E-state index contributed by atoms with van der Waals surface area (Å²) in [7, 11) is 0. The van der Waals surface area contributed by atoms with E-state index in [0.717, 1.165) is 11.4 Å². The molecule has 10 rings (SSSR count). The molecule has 230 valence electrons. The Labute approximate surface area is 292 Å². The van der Waals surface area contributed by atoms with E-state index in [1.165, 1.54) is 79.1 Å². The lowest BCUT2D eigenvalue weighted by Crippen LogP contribution is -2.10. The quantitative estimate of drug-likeness (QED) is 0.178. The molecule has 2 heterocycles. The van der Waals surface area contributed by atoms with Crippen molar-refractivity contribution in [3.63, 3.8) is 0 Å². The van der Waals surface area contributed by atoms with Crippen LogP contribution in [0.25, 0.3) is 73.4 Å². The van der Waals surface area contributed by atoms with E-state index >= 15 is 0 Å². The first-order valence-electron chi connectivity index (χ1n) is 16.6. The van der Waals surface area contributed by atoms with Crippen LogP contribution < -0.4 is 4.90 Å². The molecular formula is C46H29NS2. The molecule has 10 aromatic rings. The molecule has 8 aromatic carbocycles. The average molecular weight is 660 g/mol. The van der Waals surface area contributed by atoms with Crippen LogP contribution in [0.3, 0.4) is 0 Å². The number of benzene rings is 8. The van der Waals surface area contributed by atoms with Crippen molar-refractivity contribution < 1.29 is 0 Å². The smallest absolute Gasteiger partial charge is 0.0540 e. The lowest BCUT2D eigenvalue weighted by molar-refractivity contribution is 1.30. The van der Waals surface area contributed by atoms with Gasteiger partial charge in [-0.2, -0.15) is 0 Å². The Balaban J connectivity index is 1.15. The van der Waals surface area contributed by atoms with Crippen LogP contribution in [0, 0.1) is 0 Å². The minimum atomic E-state index is 1.13. The molecular weight excluding hydrogens is 631 g/mol. The summed E-state index contributed by atoms with van der Waals surface area (Å²) in [6.45, 7) is 0. The molecule has 0 saturated heterocycles. The third kappa shape index (κ3) is 4.66. The Morgan fingerprint density at radius 1 is 0.327 bits per heavy atom. The molecule has 1 nitrogen and oxygen atoms in total. The number of hydrogen-bond acceptors (Lipinski definition) is 3. The molecule has 0 N–H and O–H groups in total. The number of anilines is 3. The summed E-state index contributed by atoms with van der Waals surface area (Å²) in [6.07, 6.45) is 0. The molecule has 0 aliphatic heterocycles. The highest BCUT2D eigenvalue weighted by Gasteiger charge is 2.18. The van der Waals surface area contributed by atoms with Crippen molar-refractivity contribution in [2.45, 2.75) is 0 Å². The van der Waals surface area contributed by atoms with Gasteiger partial charge in [-0.1, -0.05) is 127 Å². The van der Waals surface area contributed by atoms with E-state index in [4.69, 9.17) is 0 Å². The van der Waals surface area contributed by atoms with Crippen molar-refractivity contribution >= 4 is 90.9 Å². The first kappa shape index (κ1) is 28.3. The maximum Gasteiger partial charge on any atom is 0.0540 e. The highest BCUT2D eigenvalue weighted by molar-refractivity contribution is 7.26. The first-order chi connectivity index (χ1) is 24.3. The Morgan fingerprint density at radius 3 is 1.65 bits per heavy atom. The van der Waals surface area contributed by atoms with Crippen molar-refractivity contribution in [3.05, 3.63) is 176 Å². The van der Waals surface area contributed by atoms with E-state index in [1.807, 2.05) is 22.7 Å². The molecule has 0 radical (unpaired) electrons. The maximum atomic E-state index is 2.42. The molecule has 0 aliphatic carbocycles. The van der Waals surface area contributed by atoms with Crippen LogP contribution in [0.5, 0.6) is 0 Å². The van der Waals surface area contributed by atoms with Gasteiger partial charge in [-0.15, -0.1) is 22.7 Å². The fraction of sp³-hybridized carbons (Fsp3) is 0. The van der Waals surface area contributed by atoms with Crippen LogP contribution in [0.2, 0.25) is 0 Å². The Kier molecular flexibility index (Phi) is 6.61. The van der Waals surface area contributed by atoms with Crippen molar-refractivity contribution in [1.82, 2.24) is 0 Å². The van der Waals surface area contributed by atoms with Gasteiger partial charge in [0.2, 0.25) is 0 Å². The van der Waals surface area contributed by atoms with E-state index < -0.39 is 0 Å². The third-order valence-corrected chi connectivity index (χ3v) is 12.0. The summed E-state index contributed by atoms with van der Waals surface area (Å²) in [6, 6.07) is 64.3. The number of hydrogen-bond donors (Lipinski definition) is 0. The van der Waals surface area contributed by atoms with Gasteiger partial charge in [0.1, 0.15) is 0 Å². The summed E-state index contributed by atoms with van der Waals surface area (Å²) < 4.78 is 5.32. The van der Waals surface area contributed by atoms with Gasteiger partial charge in [0.15, 0.2) is 0 Å². The second-order valence-corrected chi connectivity index (χ2v) is 14.6. The van der Waals surface area contributed by atoms with Crippen LogP contribution in [0.4, 0.5) is 17.1 Å². The summed E-state index contributed by atoms with van der Waals surface area (Å²) in [5.74, 6) is 0. The lowest BCUT2D eigenvalue weighted by Gasteiger charge is -2.27. The summed E-state index contributed by atoms with van der Waals surface area (Å²) in [4.78, 5) is 2.42. The fourth-order valence-corrected chi connectivity index (χ4v) is 9.75. The van der Waals surface area contributed by atoms with Gasteiger partial charge in [-0.25, -0.2) is 0 Å². The van der Waals surface area contributed by atoms with Crippen molar-refractivity contribution in [1.29, 1.82) is 0 Å². The molecule has 0 bridgehead atoms. The molecule has 0 fully saturated rings.